The molecule has 1 heterocycles. The van der Waals surface area contributed by atoms with Crippen LogP contribution in [0.3, 0.4) is 0 Å². The summed E-state index contributed by atoms with van der Waals surface area (Å²) in [6, 6.07) is 4.63. The fraction of sp³-hybridized carbons (Fsp3) is 0.400. The molecule has 1 rings (SSSR count). The number of carbonyl (C=O) groups is 1. The predicted molar refractivity (Wildman–Crippen MR) is 54.3 cm³/mol. The van der Waals surface area contributed by atoms with Crippen LogP contribution < -0.4 is 10.9 Å². The highest BCUT2D eigenvalue weighted by Crippen LogP contribution is 1.93. The number of nitrogens with one attached hydrogen (secondary N) is 2. The Morgan fingerprint density at radius 2 is 2.29 bits per heavy atom. The molecule has 0 aliphatic heterocycles. The molecule has 1 aromatic rings. The topological polar surface area (TPSA) is 62.0 Å². The van der Waals surface area contributed by atoms with Crippen molar-refractivity contribution in [1.82, 2.24) is 10.3 Å². The minimum atomic E-state index is -0.262. The molecule has 14 heavy (non-hydrogen) atoms. The molecule has 4 nitrogen and oxygen atoms in total. The van der Waals surface area contributed by atoms with Crippen molar-refractivity contribution in [2.75, 3.05) is 0 Å². The number of hydrogen-bond donors (Lipinski definition) is 2. The fourth-order valence-corrected chi connectivity index (χ4v) is 0.984. The normalized spacial score (nSPS) is 12.1. The van der Waals surface area contributed by atoms with Crippen LogP contribution in [0.15, 0.2) is 23.0 Å². The molecule has 0 bridgehead atoms. The molecule has 0 fully saturated rings. The number of aromatic nitrogens is 1. The Bertz CT molecular complexity index is 370. The van der Waals surface area contributed by atoms with Gasteiger partial charge >= 0.3 is 0 Å². The Labute approximate surface area is 82.3 Å². The van der Waals surface area contributed by atoms with Crippen molar-refractivity contribution in [2.24, 2.45) is 0 Å². The molecule has 76 valence electrons. The van der Waals surface area contributed by atoms with Gasteiger partial charge in [-0.2, -0.15) is 0 Å². The van der Waals surface area contributed by atoms with E-state index in [1.807, 2.05) is 13.8 Å². The lowest BCUT2D eigenvalue weighted by molar-refractivity contribution is 0.0934. The average molecular weight is 194 g/mol. The highest BCUT2D eigenvalue weighted by Gasteiger charge is 2.08. The Kier molecular flexibility index (Phi) is 3.45. The van der Waals surface area contributed by atoms with Crippen LogP contribution in [0.1, 0.15) is 30.8 Å². The van der Waals surface area contributed by atoms with Gasteiger partial charge in [-0.05, 0) is 19.4 Å². The van der Waals surface area contributed by atoms with E-state index in [0.29, 0.717) is 5.69 Å². The predicted octanol–water partition coefficient (Wildman–Crippen LogP) is 0.903. The number of H-pyrrole nitrogens is 1. The third kappa shape index (κ3) is 2.73. The SMILES string of the molecule is CCC(C)NC(=O)c1cccc(=O)[nH]1. The largest absolute Gasteiger partial charge is 0.348 e. The summed E-state index contributed by atoms with van der Waals surface area (Å²) >= 11 is 0. The molecule has 0 aliphatic carbocycles. The number of pyridine rings is 1. The fourth-order valence-electron chi connectivity index (χ4n) is 0.984. The lowest BCUT2D eigenvalue weighted by Crippen LogP contribution is -2.33. The van der Waals surface area contributed by atoms with Crippen LogP contribution in [-0.4, -0.2) is 16.9 Å². The first-order valence-corrected chi connectivity index (χ1v) is 4.63. The maximum atomic E-state index is 11.5. The molecule has 0 saturated heterocycles. The van der Waals surface area contributed by atoms with Crippen molar-refractivity contribution in [3.05, 3.63) is 34.2 Å². The molecule has 0 aromatic carbocycles. The Morgan fingerprint density at radius 1 is 1.57 bits per heavy atom. The number of amides is 1. The van der Waals surface area contributed by atoms with E-state index in [-0.39, 0.29) is 17.5 Å². The Balaban J connectivity index is 2.75. The number of rotatable bonds is 3. The molecule has 2 N–H and O–H groups in total. The highest BCUT2D eigenvalue weighted by molar-refractivity contribution is 5.92. The summed E-state index contributed by atoms with van der Waals surface area (Å²) in [5, 5.41) is 2.76. The van der Waals surface area contributed by atoms with Gasteiger partial charge in [-0.3, -0.25) is 9.59 Å². The van der Waals surface area contributed by atoms with Gasteiger partial charge in [0.1, 0.15) is 5.69 Å². The second-order valence-electron chi connectivity index (χ2n) is 3.21. The zero-order valence-corrected chi connectivity index (χ0v) is 8.33. The molecular weight excluding hydrogens is 180 g/mol. The van der Waals surface area contributed by atoms with Crippen molar-refractivity contribution in [1.29, 1.82) is 0 Å². The quantitative estimate of drug-likeness (QED) is 0.751. The van der Waals surface area contributed by atoms with Crippen molar-refractivity contribution in [3.8, 4) is 0 Å². The molecule has 1 aromatic heterocycles. The maximum absolute atomic E-state index is 11.5. The van der Waals surface area contributed by atoms with Gasteiger partial charge in [-0.25, -0.2) is 0 Å². The molecule has 4 heteroatoms. The minimum absolute atomic E-state index is 0.117. The summed E-state index contributed by atoms with van der Waals surface area (Å²) in [5.74, 6) is -0.239. The highest BCUT2D eigenvalue weighted by atomic mass is 16.2. The first kappa shape index (κ1) is 10.5. The van der Waals surface area contributed by atoms with E-state index >= 15 is 0 Å². The van der Waals surface area contributed by atoms with E-state index in [0.717, 1.165) is 6.42 Å². The van der Waals surface area contributed by atoms with Crippen LogP contribution >= 0.6 is 0 Å². The Hall–Kier alpha value is -1.58. The molecule has 0 saturated carbocycles. The van der Waals surface area contributed by atoms with Crippen LogP contribution in [0.5, 0.6) is 0 Å². The van der Waals surface area contributed by atoms with Gasteiger partial charge < -0.3 is 10.3 Å². The summed E-state index contributed by atoms with van der Waals surface area (Å²) in [4.78, 5) is 24.9. The van der Waals surface area contributed by atoms with E-state index in [2.05, 4.69) is 10.3 Å². The third-order valence-electron chi connectivity index (χ3n) is 2.00. The lowest BCUT2D eigenvalue weighted by Gasteiger charge is -2.10. The van der Waals surface area contributed by atoms with Crippen molar-refractivity contribution < 1.29 is 4.79 Å². The van der Waals surface area contributed by atoms with Crippen LogP contribution in [0, 0.1) is 0 Å². The smallest absolute Gasteiger partial charge is 0.268 e. The summed E-state index contributed by atoms with van der Waals surface area (Å²) in [6.07, 6.45) is 0.864. The zero-order chi connectivity index (χ0) is 10.6. The van der Waals surface area contributed by atoms with Crippen molar-refractivity contribution in [2.45, 2.75) is 26.3 Å². The Morgan fingerprint density at radius 3 is 2.86 bits per heavy atom. The average Bonchev–Trinajstić information content (AvgIpc) is 2.17. The van der Waals surface area contributed by atoms with Crippen LogP contribution in [0.2, 0.25) is 0 Å². The standard InChI is InChI=1S/C10H14N2O2/c1-3-7(2)11-10(14)8-5-4-6-9(13)12-8/h4-7H,3H2,1-2H3,(H,11,14)(H,12,13). The van der Waals surface area contributed by atoms with Gasteiger partial charge in [0, 0.05) is 12.1 Å². The monoisotopic (exact) mass is 194 g/mol. The van der Waals surface area contributed by atoms with Crippen LogP contribution in [0.4, 0.5) is 0 Å². The minimum Gasteiger partial charge on any atom is -0.348 e. The van der Waals surface area contributed by atoms with E-state index < -0.39 is 0 Å². The van der Waals surface area contributed by atoms with Gasteiger partial charge in [0.05, 0.1) is 0 Å². The lowest BCUT2D eigenvalue weighted by atomic mass is 10.2. The molecule has 0 aliphatic rings. The third-order valence-corrected chi connectivity index (χ3v) is 2.00. The maximum Gasteiger partial charge on any atom is 0.268 e. The number of hydrogen-bond acceptors (Lipinski definition) is 2. The van der Waals surface area contributed by atoms with E-state index in [1.165, 1.54) is 6.07 Å². The van der Waals surface area contributed by atoms with Crippen molar-refractivity contribution in [3.63, 3.8) is 0 Å². The number of aromatic amines is 1. The van der Waals surface area contributed by atoms with Gasteiger partial charge in [0.2, 0.25) is 5.56 Å². The van der Waals surface area contributed by atoms with E-state index in [1.54, 1.807) is 12.1 Å². The second kappa shape index (κ2) is 4.60. The summed E-state index contributed by atoms with van der Waals surface area (Å²) in [6.45, 7) is 3.90. The zero-order valence-electron chi connectivity index (χ0n) is 8.33. The summed E-state index contributed by atoms with van der Waals surface area (Å²) < 4.78 is 0. The second-order valence-corrected chi connectivity index (χ2v) is 3.21. The van der Waals surface area contributed by atoms with Gasteiger partial charge in [-0.15, -0.1) is 0 Å². The van der Waals surface area contributed by atoms with Crippen LogP contribution in [0.25, 0.3) is 0 Å². The first-order valence-electron chi connectivity index (χ1n) is 4.63. The molecule has 1 amide bonds. The molecule has 0 radical (unpaired) electrons. The van der Waals surface area contributed by atoms with Gasteiger partial charge in [0.15, 0.2) is 0 Å². The van der Waals surface area contributed by atoms with E-state index in [9.17, 15) is 9.59 Å². The van der Waals surface area contributed by atoms with Crippen molar-refractivity contribution >= 4 is 5.91 Å². The van der Waals surface area contributed by atoms with Crippen LogP contribution in [-0.2, 0) is 0 Å². The molecule has 1 atom stereocenters. The van der Waals surface area contributed by atoms with Gasteiger partial charge in [0.25, 0.3) is 5.91 Å². The molecular formula is C10H14N2O2. The summed E-state index contributed by atoms with van der Waals surface area (Å²) in [7, 11) is 0. The van der Waals surface area contributed by atoms with E-state index in [4.69, 9.17) is 0 Å². The first-order chi connectivity index (χ1) is 6.63. The number of carbonyl (C=O) groups excluding carboxylic acids is 1. The summed E-state index contributed by atoms with van der Waals surface area (Å²) in [5.41, 5.74) is 0.0413. The molecule has 0 spiro atoms. The van der Waals surface area contributed by atoms with Gasteiger partial charge in [-0.1, -0.05) is 13.0 Å². The molecule has 1 unspecified atom stereocenters.